The Labute approximate surface area is 122 Å². The van der Waals surface area contributed by atoms with Gasteiger partial charge in [-0.1, -0.05) is 39.7 Å². The average molecular weight is 342 g/mol. The van der Waals surface area contributed by atoms with E-state index in [0.717, 1.165) is 15.7 Å². The van der Waals surface area contributed by atoms with E-state index in [4.69, 9.17) is 11.6 Å². The highest BCUT2D eigenvalue weighted by atomic mass is 79.9. The Hall–Kier alpha value is -1.66. The van der Waals surface area contributed by atoms with Crippen LogP contribution >= 0.6 is 27.5 Å². The van der Waals surface area contributed by atoms with Crippen LogP contribution in [-0.4, -0.2) is 15.9 Å². The minimum absolute atomic E-state index is 0.0285. The van der Waals surface area contributed by atoms with Gasteiger partial charge >= 0.3 is 0 Å². The number of aromatic nitrogens is 2. The maximum Gasteiger partial charge on any atom is 0.285 e. The molecule has 0 fully saturated rings. The number of hydrazone groups is 1. The van der Waals surface area contributed by atoms with E-state index in [1.54, 1.807) is 0 Å². The van der Waals surface area contributed by atoms with Crippen LogP contribution in [0.4, 0.5) is 5.69 Å². The monoisotopic (exact) mass is 340 g/mol. The van der Waals surface area contributed by atoms with Crippen LogP contribution in [0.1, 0.15) is 12.5 Å². The van der Waals surface area contributed by atoms with E-state index in [1.807, 2.05) is 31.2 Å². The molecule has 0 bridgehead atoms. The summed E-state index contributed by atoms with van der Waals surface area (Å²) in [4.78, 5) is 11.3. The van der Waals surface area contributed by atoms with Crippen molar-refractivity contribution in [1.29, 1.82) is 0 Å². The molecular weight excluding hydrogens is 332 g/mol. The molecule has 2 aromatic rings. The van der Waals surface area contributed by atoms with E-state index in [2.05, 4.69) is 36.7 Å². The summed E-state index contributed by atoms with van der Waals surface area (Å²) in [7, 11) is 0. The third-order valence-corrected chi connectivity index (χ3v) is 3.25. The van der Waals surface area contributed by atoms with Crippen LogP contribution in [0, 0.1) is 0 Å². The number of halogens is 2. The van der Waals surface area contributed by atoms with Crippen LogP contribution in [0.5, 0.6) is 0 Å². The van der Waals surface area contributed by atoms with Crippen molar-refractivity contribution in [2.75, 3.05) is 5.43 Å². The van der Waals surface area contributed by atoms with Crippen molar-refractivity contribution in [1.82, 2.24) is 10.2 Å². The number of nitrogens with one attached hydrogen (secondary N) is 2. The lowest BCUT2D eigenvalue weighted by Crippen LogP contribution is -2.10. The summed E-state index contributed by atoms with van der Waals surface area (Å²) >= 11 is 9.22. The van der Waals surface area contributed by atoms with E-state index in [-0.39, 0.29) is 5.02 Å². The molecule has 98 valence electrons. The van der Waals surface area contributed by atoms with Gasteiger partial charge in [0.05, 0.1) is 11.9 Å². The molecule has 0 radical (unpaired) electrons. The molecule has 5 nitrogen and oxygen atoms in total. The third kappa shape index (κ3) is 3.42. The molecule has 0 saturated carbocycles. The number of rotatable bonds is 3. The van der Waals surface area contributed by atoms with Gasteiger partial charge in [-0.05, 0) is 24.6 Å². The molecule has 19 heavy (non-hydrogen) atoms. The second-order valence-electron chi connectivity index (χ2n) is 3.75. The highest BCUT2D eigenvalue weighted by Crippen LogP contribution is 2.15. The van der Waals surface area contributed by atoms with E-state index in [0.29, 0.717) is 5.69 Å². The smallest absolute Gasteiger partial charge is 0.275 e. The normalized spacial score (nSPS) is 11.4. The van der Waals surface area contributed by atoms with Gasteiger partial charge < -0.3 is 0 Å². The molecule has 0 spiro atoms. The number of hydrogen-bond donors (Lipinski definition) is 2. The average Bonchev–Trinajstić information content (AvgIpc) is 2.40. The van der Waals surface area contributed by atoms with Crippen molar-refractivity contribution < 1.29 is 0 Å². The third-order valence-electron chi connectivity index (χ3n) is 2.38. The molecule has 0 amide bonds. The predicted octanol–water partition coefficient (Wildman–Crippen LogP) is 3.02. The zero-order valence-electron chi connectivity index (χ0n) is 9.95. The summed E-state index contributed by atoms with van der Waals surface area (Å²) in [5.41, 5.74) is 4.35. The summed E-state index contributed by atoms with van der Waals surface area (Å²) in [6.45, 7) is 1.85. The van der Waals surface area contributed by atoms with Gasteiger partial charge in [0.1, 0.15) is 10.7 Å². The van der Waals surface area contributed by atoms with Gasteiger partial charge in [-0.3, -0.25) is 10.2 Å². The summed E-state index contributed by atoms with van der Waals surface area (Å²) in [6, 6.07) is 7.73. The number of H-pyrrole nitrogens is 1. The van der Waals surface area contributed by atoms with Gasteiger partial charge in [-0.25, -0.2) is 5.10 Å². The number of nitrogens with zero attached hydrogens (tertiary/aromatic N) is 2. The van der Waals surface area contributed by atoms with Crippen LogP contribution in [-0.2, 0) is 0 Å². The predicted molar refractivity (Wildman–Crippen MR) is 79.8 cm³/mol. The van der Waals surface area contributed by atoms with Crippen LogP contribution in [0.2, 0.25) is 5.02 Å². The van der Waals surface area contributed by atoms with Crippen LogP contribution in [0.3, 0.4) is 0 Å². The quantitative estimate of drug-likeness (QED) is 0.666. The molecule has 1 heterocycles. The maximum atomic E-state index is 11.3. The summed E-state index contributed by atoms with van der Waals surface area (Å²) in [5, 5.41) is 10.1. The lowest BCUT2D eigenvalue weighted by Gasteiger charge is -2.04. The Balaban J connectivity index is 2.23. The van der Waals surface area contributed by atoms with E-state index >= 15 is 0 Å². The Morgan fingerprint density at radius 3 is 3.05 bits per heavy atom. The molecule has 0 aliphatic carbocycles. The minimum Gasteiger partial charge on any atom is -0.275 e. The SMILES string of the molecule is C/C(=N/Nc1cn[nH]c(=O)c1Cl)c1cccc(Br)c1. The molecule has 7 heteroatoms. The second kappa shape index (κ2) is 5.99. The largest absolute Gasteiger partial charge is 0.285 e. The summed E-state index contributed by atoms with van der Waals surface area (Å²) in [5.74, 6) is 0. The molecule has 0 unspecified atom stereocenters. The van der Waals surface area contributed by atoms with Gasteiger partial charge in [0.2, 0.25) is 0 Å². The molecule has 0 saturated heterocycles. The second-order valence-corrected chi connectivity index (χ2v) is 5.04. The van der Waals surface area contributed by atoms with Crippen LogP contribution in [0.25, 0.3) is 0 Å². The van der Waals surface area contributed by atoms with Crippen LogP contribution in [0.15, 0.2) is 44.8 Å². The fourth-order valence-electron chi connectivity index (χ4n) is 1.38. The number of anilines is 1. The van der Waals surface area contributed by atoms with Gasteiger partial charge in [0.15, 0.2) is 0 Å². The standard InChI is InChI=1S/C12H10BrClN4O/c1-7(8-3-2-4-9(13)5-8)16-17-10-6-15-18-12(19)11(10)14/h2-6H,1H3,(H2,17,18,19)/b16-7-. The summed E-state index contributed by atoms with van der Waals surface area (Å²) < 4.78 is 0.968. The van der Waals surface area contributed by atoms with E-state index < -0.39 is 5.56 Å². The molecule has 0 aliphatic rings. The van der Waals surface area contributed by atoms with Crippen molar-refractivity contribution in [3.8, 4) is 0 Å². The Bertz CT molecular complexity index is 683. The molecule has 1 aromatic carbocycles. The maximum absolute atomic E-state index is 11.3. The lowest BCUT2D eigenvalue weighted by molar-refractivity contribution is 0.986. The first kappa shape index (κ1) is 13.8. The minimum atomic E-state index is -0.457. The number of hydrogen-bond acceptors (Lipinski definition) is 4. The Morgan fingerprint density at radius 1 is 1.53 bits per heavy atom. The van der Waals surface area contributed by atoms with Crippen molar-refractivity contribution in [3.63, 3.8) is 0 Å². The van der Waals surface area contributed by atoms with Crippen LogP contribution < -0.4 is 11.0 Å². The highest BCUT2D eigenvalue weighted by molar-refractivity contribution is 9.10. The van der Waals surface area contributed by atoms with Gasteiger partial charge in [0.25, 0.3) is 5.56 Å². The van der Waals surface area contributed by atoms with Gasteiger partial charge in [0, 0.05) is 4.47 Å². The van der Waals surface area contributed by atoms with Crippen molar-refractivity contribution >= 4 is 38.9 Å². The van der Waals surface area contributed by atoms with Gasteiger partial charge in [-0.15, -0.1) is 0 Å². The fraction of sp³-hybridized carbons (Fsp3) is 0.0833. The summed E-state index contributed by atoms with van der Waals surface area (Å²) in [6.07, 6.45) is 1.40. The molecule has 2 N–H and O–H groups in total. The molecule has 0 aliphatic heterocycles. The first-order chi connectivity index (χ1) is 9.08. The van der Waals surface area contributed by atoms with E-state index in [9.17, 15) is 4.79 Å². The van der Waals surface area contributed by atoms with Crippen molar-refractivity contribution in [2.24, 2.45) is 5.10 Å². The first-order valence-electron chi connectivity index (χ1n) is 5.37. The van der Waals surface area contributed by atoms with Crippen molar-refractivity contribution in [3.05, 3.63) is 55.9 Å². The highest BCUT2D eigenvalue weighted by Gasteiger charge is 2.04. The zero-order valence-corrected chi connectivity index (χ0v) is 12.3. The van der Waals surface area contributed by atoms with Crippen molar-refractivity contribution in [2.45, 2.75) is 6.92 Å². The lowest BCUT2D eigenvalue weighted by atomic mass is 10.1. The number of aromatic amines is 1. The molecule has 0 atom stereocenters. The Kier molecular flexibility index (Phi) is 4.34. The first-order valence-corrected chi connectivity index (χ1v) is 6.54. The zero-order chi connectivity index (χ0) is 13.8. The topological polar surface area (TPSA) is 70.1 Å². The number of benzene rings is 1. The molecular formula is C12H10BrClN4O. The van der Waals surface area contributed by atoms with E-state index in [1.165, 1.54) is 6.20 Å². The Morgan fingerprint density at radius 2 is 2.32 bits per heavy atom. The fourth-order valence-corrected chi connectivity index (χ4v) is 1.92. The van der Waals surface area contributed by atoms with Gasteiger partial charge in [-0.2, -0.15) is 10.2 Å². The molecule has 1 aromatic heterocycles. The molecule has 2 rings (SSSR count).